The summed E-state index contributed by atoms with van der Waals surface area (Å²) < 4.78 is 10.9. The molecule has 0 aliphatic rings. The van der Waals surface area contributed by atoms with Crippen molar-refractivity contribution in [1.29, 1.82) is 0 Å². The van der Waals surface area contributed by atoms with E-state index in [4.69, 9.17) is 9.47 Å². The molecule has 2 aromatic rings. The Labute approximate surface area is 161 Å². The van der Waals surface area contributed by atoms with Crippen LogP contribution in [0, 0.1) is 0 Å². The van der Waals surface area contributed by atoms with E-state index in [0.29, 0.717) is 6.61 Å². The Morgan fingerprint density at radius 1 is 0.889 bits per heavy atom. The van der Waals surface area contributed by atoms with Crippen LogP contribution >= 0.6 is 0 Å². The molecule has 0 fully saturated rings. The third kappa shape index (κ3) is 6.24. The van der Waals surface area contributed by atoms with Crippen molar-refractivity contribution in [3.05, 3.63) is 71.8 Å². The number of ether oxygens (including phenoxy) is 2. The monoisotopic (exact) mass is 368 g/mol. The van der Waals surface area contributed by atoms with Gasteiger partial charge in [0.2, 0.25) is 0 Å². The summed E-state index contributed by atoms with van der Waals surface area (Å²) in [5.74, 6) is -1.64. The van der Waals surface area contributed by atoms with Crippen LogP contribution in [-0.2, 0) is 19.1 Å². The highest BCUT2D eigenvalue weighted by molar-refractivity contribution is 5.82. The highest BCUT2D eigenvalue weighted by Gasteiger charge is 2.36. The minimum Gasteiger partial charge on any atom is -0.466 e. The molecule has 4 nitrogen and oxygen atoms in total. The molecule has 0 saturated carbocycles. The molecule has 2 rings (SSSR count). The summed E-state index contributed by atoms with van der Waals surface area (Å²) in [7, 11) is 0. The fourth-order valence-electron chi connectivity index (χ4n) is 3.09. The van der Waals surface area contributed by atoms with Crippen molar-refractivity contribution in [3.8, 4) is 0 Å². The van der Waals surface area contributed by atoms with Crippen molar-refractivity contribution in [2.75, 3.05) is 6.61 Å². The van der Waals surface area contributed by atoms with Gasteiger partial charge in [-0.15, -0.1) is 0 Å². The minimum absolute atomic E-state index is 0.108. The van der Waals surface area contributed by atoms with Gasteiger partial charge >= 0.3 is 11.9 Å². The Morgan fingerprint density at radius 2 is 1.41 bits per heavy atom. The lowest BCUT2D eigenvalue weighted by Gasteiger charge is -2.29. The molecule has 4 heteroatoms. The zero-order valence-corrected chi connectivity index (χ0v) is 16.5. The number of benzene rings is 2. The summed E-state index contributed by atoms with van der Waals surface area (Å²) in [5, 5.41) is 0. The highest BCUT2D eigenvalue weighted by atomic mass is 16.6. The van der Waals surface area contributed by atoms with Gasteiger partial charge in [-0.2, -0.15) is 0 Å². The molecular formula is C23H28O4. The van der Waals surface area contributed by atoms with Gasteiger partial charge in [-0.3, -0.25) is 9.59 Å². The Bertz CT molecular complexity index is 732. The topological polar surface area (TPSA) is 52.6 Å². The Balaban J connectivity index is 2.48. The lowest BCUT2D eigenvalue weighted by Crippen LogP contribution is -2.31. The summed E-state index contributed by atoms with van der Waals surface area (Å²) in [5.41, 5.74) is 1.12. The molecule has 0 bridgehead atoms. The minimum atomic E-state index is -0.616. The van der Waals surface area contributed by atoms with E-state index in [1.54, 1.807) is 6.92 Å². The van der Waals surface area contributed by atoms with Gasteiger partial charge in [0.05, 0.1) is 18.9 Å². The molecule has 0 aliphatic carbocycles. The smallest absolute Gasteiger partial charge is 0.314 e. The normalized spacial score (nSPS) is 13.5. The van der Waals surface area contributed by atoms with Gasteiger partial charge in [-0.1, -0.05) is 60.7 Å². The quantitative estimate of drug-likeness (QED) is 0.656. The zero-order chi connectivity index (χ0) is 19.9. The third-order valence-corrected chi connectivity index (χ3v) is 4.14. The van der Waals surface area contributed by atoms with E-state index < -0.39 is 11.5 Å². The van der Waals surface area contributed by atoms with E-state index in [9.17, 15) is 9.59 Å². The fraction of sp³-hybridized carbons (Fsp3) is 0.391. The first-order valence-corrected chi connectivity index (χ1v) is 9.30. The molecule has 27 heavy (non-hydrogen) atoms. The molecule has 2 atom stereocenters. The standard InChI is InChI=1S/C23H28O4/c1-5-26-20(24)16-19(17-12-8-6-9-13-17)21(18-14-10-7-11-15-18)22(25)27-23(2,3)4/h6-15,19,21H,5,16H2,1-4H3/t19-,21-/m1/s1. The fourth-order valence-corrected chi connectivity index (χ4v) is 3.09. The predicted octanol–water partition coefficient (Wildman–Crippen LogP) is 4.85. The van der Waals surface area contributed by atoms with Crippen molar-refractivity contribution >= 4 is 11.9 Å². The zero-order valence-electron chi connectivity index (χ0n) is 16.5. The van der Waals surface area contributed by atoms with Crippen molar-refractivity contribution in [2.45, 2.75) is 51.6 Å². The summed E-state index contributed by atoms with van der Waals surface area (Å²) in [6.45, 7) is 7.61. The lowest BCUT2D eigenvalue weighted by molar-refractivity contribution is -0.157. The van der Waals surface area contributed by atoms with Crippen LogP contribution in [-0.4, -0.2) is 24.1 Å². The predicted molar refractivity (Wildman–Crippen MR) is 105 cm³/mol. The average molecular weight is 368 g/mol. The highest BCUT2D eigenvalue weighted by Crippen LogP contribution is 2.38. The number of hydrogen-bond acceptors (Lipinski definition) is 4. The molecule has 0 unspecified atom stereocenters. The molecule has 0 radical (unpaired) electrons. The maximum absolute atomic E-state index is 13.1. The maximum atomic E-state index is 13.1. The summed E-state index contributed by atoms with van der Waals surface area (Å²) in [6.07, 6.45) is 0.108. The van der Waals surface area contributed by atoms with Gasteiger partial charge in [0, 0.05) is 5.92 Å². The van der Waals surface area contributed by atoms with Crippen LogP contribution in [0.1, 0.15) is 57.1 Å². The van der Waals surface area contributed by atoms with E-state index in [1.165, 1.54) is 0 Å². The molecule has 0 heterocycles. The van der Waals surface area contributed by atoms with Crippen LogP contribution in [0.3, 0.4) is 0 Å². The van der Waals surface area contributed by atoms with Crippen LogP contribution in [0.2, 0.25) is 0 Å². The van der Waals surface area contributed by atoms with E-state index in [2.05, 4.69) is 0 Å². The largest absolute Gasteiger partial charge is 0.466 e. The van der Waals surface area contributed by atoms with E-state index in [1.807, 2.05) is 81.4 Å². The van der Waals surface area contributed by atoms with Gasteiger partial charge in [-0.05, 0) is 38.8 Å². The van der Waals surface area contributed by atoms with Gasteiger partial charge in [0.25, 0.3) is 0 Å². The van der Waals surface area contributed by atoms with E-state index >= 15 is 0 Å². The van der Waals surface area contributed by atoms with Crippen molar-refractivity contribution in [3.63, 3.8) is 0 Å². The summed E-state index contributed by atoms with van der Waals surface area (Å²) in [6, 6.07) is 19.1. The van der Waals surface area contributed by atoms with Crippen LogP contribution in [0.4, 0.5) is 0 Å². The van der Waals surface area contributed by atoms with Gasteiger partial charge in [0.15, 0.2) is 0 Å². The SMILES string of the molecule is CCOC(=O)C[C@H](c1ccccc1)[C@H](C(=O)OC(C)(C)C)c1ccccc1. The number of rotatable bonds is 7. The molecule has 0 saturated heterocycles. The maximum Gasteiger partial charge on any atom is 0.314 e. The van der Waals surface area contributed by atoms with Crippen LogP contribution in [0.25, 0.3) is 0 Å². The third-order valence-electron chi connectivity index (χ3n) is 4.14. The Kier molecular flexibility index (Phi) is 7.17. The molecule has 0 N–H and O–H groups in total. The summed E-state index contributed by atoms with van der Waals surface area (Å²) in [4.78, 5) is 25.4. The molecule has 0 spiro atoms. The van der Waals surface area contributed by atoms with E-state index in [0.717, 1.165) is 11.1 Å². The average Bonchev–Trinajstić information content (AvgIpc) is 2.61. The number of carbonyl (C=O) groups is 2. The molecule has 0 aliphatic heterocycles. The van der Waals surface area contributed by atoms with Crippen LogP contribution in [0.15, 0.2) is 60.7 Å². The van der Waals surface area contributed by atoms with Crippen molar-refractivity contribution in [1.82, 2.24) is 0 Å². The molecule has 144 valence electrons. The van der Waals surface area contributed by atoms with Crippen molar-refractivity contribution in [2.24, 2.45) is 0 Å². The van der Waals surface area contributed by atoms with Gasteiger partial charge in [0.1, 0.15) is 5.60 Å². The second-order valence-corrected chi connectivity index (χ2v) is 7.45. The molecular weight excluding hydrogens is 340 g/mol. The van der Waals surface area contributed by atoms with Crippen LogP contribution in [0.5, 0.6) is 0 Å². The number of carbonyl (C=O) groups excluding carboxylic acids is 2. The second kappa shape index (κ2) is 9.36. The first kappa shape index (κ1) is 20.7. The number of esters is 2. The van der Waals surface area contributed by atoms with Crippen LogP contribution < -0.4 is 0 Å². The molecule has 2 aromatic carbocycles. The molecule has 0 aromatic heterocycles. The van der Waals surface area contributed by atoms with Gasteiger partial charge < -0.3 is 9.47 Å². The van der Waals surface area contributed by atoms with Crippen molar-refractivity contribution < 1.29 is 19.1 Å². The Hall–Kier alpha value is -2.62. The molecule has 0 amide bonds. The second-order valence-electron chi connectivity index (χ2n) is 7.45. The Morgan fingerprint density at radius 3 is 1.89 bits per heavy atom. The van der Waals surface area contributed by atoms with E-state index in [-0.39, 0.29) is 24.3 Å². The first-order valence-electron chi connectivity index (χ1n) is 9.30. The van der Waals surface area contributed by atoms with Gasteiger partial charge in [-0.25, -0.2) is 0 Å². The lowest BCUT2D eigenvalue weighted by atomic mass is 9.79. The summed E-state index contributed by atoms with van der Waals surface area (Å²) >= 11 is 0. The first-order chi connectivity index (χ1) is 12.8. The number of hydrogen-bond donors (Lipinski definition) is 0.